The topological polar surface area (TPSA) is 74.4 Å². The molecule has 0 saturated heterocycles. The summed E-state index contributed by atoms with van der Waals surface area (Å²) in [4.78, 5) is 15.3. The minimum atomic E-state index is -4.80. The van der Waals surface area contributed by atoms with Gasteiger partial charge in [-0.1, -0.05) is 0 Å². The molecule has 0 aliphatic rings. The molecule has 0 unspecified atom stereocenters. The Morgan fingerprint density at radius 1 is 1.45 bits per heavy atom. The number of carbonyl (C=O) groups is 1. The van der Waals surface area contributed by atoms with E-state index >= 15 is 0 Å². The van der Waals surface area contributed by atoms with Crippen molar-refractivity contribution in [2.75, 3.05) is 6.61 Å². The molecule has 1 rings (SSSR count). The van der Waals surface area contributed by atoms with Crippen molar-refractivity contribution in [2.45, 2.75) is 33.2 Å². The summed E-state index contributed by atoms with van der Waals surface area (Å²) in [6.45, 7) is 3.16. The zero-order valence-corrected chi connectivity index (χ0v) is 11.1. The third-order valence-corrected chi connectivity index (χ3v) is 2.40. The van der Waals surface area contributed by atoms with Gasteiger partial charge in [0.25, 0.3) is 0 Å². The van der Waals surface area contributed by atoms with Gasteiger partial charge in [0, 0.05) is 6.54 Å². The monoisotopic (exact) mass is 292 g/mol. The van der Waals surface area contributed by atoms with E-state index in [0.717, 1.165) is 6.07 Å². The molecule has 1 aromatic rings. The van der Waals surface area contributed by atoms with Crippen molar-refractivity contribution in [3.63, 3.8) is 0 Å². The van der Waals surface area contributed by atoms with Crippen molar-refractivity contribution in [3.8, 4) is 5.75 Å². The summed E-state index contributed by atoms with van der Waals surface area (Å²) in [6.07, 6.45) is -4.95. The Morgan fingerprint density at radius 3 is 2.60 bits per heavy atom. The highest BCUT2D eigenvalue weighted by Gasteiger charge is 2.32. The predicted molar refractivity (Wildman–Crippen MR) is 63.9 cm³/mol. The molecule has 0 saturated carbocycles. The van der Waals surface area contributed by atoms with Crippen molar-refractivity contribution in [3.05, 3.63) is 23.0 Å². The van der Waals surface area contributed by atoms with E-state index in [9.17, 15) is 18.0 Å². The van der Waals surface area contributed by atoms with Gasteiger partial charge in [-0.2, -0.15) is 0 Å². The van der Waals surface area contributed by atoms with Crippen LogP contribution in [0.4, 0.5) is 13.2 Å². The lowest BCUT2D eigenvalue weighted by Crippen LogP contribution is -2.20. The normalized spacial score (nSPS) is 11.3. The van der Waals surface area contributed by atoms with Crippen LogP contribution in [-0.4, -0.2) is 23.9 Å². The Bertz CT molecular complexity index is 490. The van der Waals surface area contributed by atoms with E-state index in [4.69, 9.17) is 10.5 Å². The average molecular weight is 292 g/mol. The predicted octanol–water partition coefficient (Wildman–Crippen LogP) is 1.85. The van der Waals surface area contributed by atoms with E-state index in [0.29, 0.717) is 5.56 Å². The van der Waals surface area contributed by atoms with E-state index in [-0.39, 0.29) is 31.0 Å². The van der Waals surface area contributed by atoms with Gasteiger partial charge in [0.2, 0.25) is 0 Å². The Morgan fingerprint density at radius 2 is 2.10 bits per heavy atom. The molecule has 1 aromatic heterocycles. The van der Waals surface area contributed by atoms with Crippen LogP contribution in [0.1, 0.15) is 23.9 Å². The summed E-state index contributed by atoms with van der Waals surface area (Å²) in [5.74, 6) is -0.941. The van der Waals surface area contributed by atoms with Crippen molar-refractivity contribution >= 4 is 5.97 Å². The molecule has 0 aromatic carbocycles. The highest BCUT2D eigenvalue weighted by atomic mass is 19.4. The van der Waals surface area contributed by atoms with Gasteiger partial charge in [0.1, 0.15) is 0 Å². The number of ether oxygens (including phenoxy) is 2. The van der Waals surface area contributed by atoms with E-state index in [1.54, 1.807) is 6.92 Å². The molecule has 20 heavy (non-hydrogen) atoms. The fourth-order valence-electron chi connectivity index (χ4n) is 1.58. The smallest absolute Gasteiger partial charge is 0.466 e. The molecule has 0 radical (unpaired) electrons. The van der Waals surface area contributed by atoms with Crippen LogP contribution in [0.25, 0.3) is 0 Å². The number of carbonyl (C=O) groups excluding carboxylic acids is 1. The van der Waals surface area contributed by atoms with Crippen LogP contribution >= 0.6 is 0 Å². The molecule has 0 aliphatic carbocycles. The van der Waals surface area contributed by atoms with E-state index in [2.05, 4.69) is 9.72 Å². The van der Waals surface area contributed by atoms with Gasteiger partial charge >= 0.3 is 12.3 Å². The molecule has 0 bridgehead atoms. The molecule has 5 nitrogen and oxygen atoms in total. The number of rotatable bonds is 5. The van der Waals surface area contributed by atoms with Crippen molar-refractivity contribution in [1.29, 1.82) is 0 Å². The second-order valence-corrected chi connectivity index (χ2v) is 3.91. The first-order valence-corrected chi connectivity index (χ1v) is 5.87. The number of nitrogens with two attached hydrogens (primary N) is 1. The zero-order valence-electron chi connectivity index (χ0n) is 11.1. The number of aryl methyl sites for hydroxylation is 1. The van der Waals surface area contributed by atoms with Crippen LogP contribution in [0.3, 0.4) is 0 Å². The molecule has 8 heteroatoms. The lowest BCUT2D eigenvalue weighted by molar-refractivity contribution is -0.275. The lowest BCUT2D eigenvalue weighted by atomic mass is 10.1. The van der Waals surface area contributed by atoms with Gasteiger partial charge in [-0.3, -0.25) is 9.78 Å². The van der Waals surface area contributed by atoms with Crippen molar-refractivity contribution in [1.82, 2.24) is 4.98 Å². The summed E-state index contributed by atoms with van der Waals surface area (Å²) in [6, 6.07) is 1.14. The molecule has 0 aliphatic heterocycles. The number of alkyl halides is 3. The number of pyridine rings is 1. The van der Waals surface area contributed by atoms with Crippen LogP contribution in [0.15, 0.2) is 6.07 Å². The summed E-state index contributed by atoms with van der Waals surface area (Å²) in [7, 11) is 0. The standard InChI is InChI=1S/C12H15F3N2O3/c1-3-19-11(18)5-9-8(6-16)4-10(7(2)17-9)20-12(13,14)15/h4H,3,5-6,16H2,1-2H3. The van der Waals surface area contributed by atoms with Crippen LogP contribution in [0.5, 0.6) is 5.75 Å². The largest absolute Gasteiger partial charge is 0.573 e. The van der Waals surface area contributed by atoms with Crippen LogP contribution in [0.2, 0.25) is 0 Å². The fourth-order valence-corrected chi connectivity index (χ4v) is 1.58. The maximum absolute atomic E-state index is 12.2. The van der Waals surface area contributed by atoms with E-state index in [1.165, 1.54) is 6.92 Å². The molecule has 0 amide bonds. The molecule has 0 spiro atoms. The molecular formula is C12H15F3N2O3. The van der Waals surface area contributed by atoms with Crippen molar-refractivity contribution < 1.29 is 27.4 Å². The number of esters is 1. The number of hydrogen-bond donors (Lipinski definition) is 1. The summed E-state index contributed by atoms with van der Waals surface area (Å²) in [5, 5.41) is 0. The number of nitrogens with zero attached hydrogens (tertiary/aromatic N) is 1. The SMILES string of the molecule is CCOC(=O)Cc1nc(C)c(OC(F)(F)F)cc1CN. The molecule has 0 atom stereocenters. The maximum Gasteiger partial charge on any atom is 0.573 e. The minimum absolute atomic E-state index is 0.0267. The van der Waals surface area contributed by atoms with Gasteiger partial charge in [-0.15, -0.1) is 13.2 Å². The zero-order chi connectivity index (χ0) is 15.3. The number of aromatic nitrogens is 1. The van der Waals surface area contributed by atoms with Gasteiger partial charge in [0.15, 0.2) is 5.75 Å². The molecule has 0 fully saturated rings. The summed E-state index contributed by atoms with van der Waals surface area (Å²) >= 11 is 0. The first-order valence-electron chi connectivity index (χ1n) is 5.87. The summed E-state index contributed by atoms with van der Waals surface area (Å²) < 4.78 is 45.3. The molecule has 2 N–H and O–H groups in total. The van der Waals surface area contributed by atoms with Gasteiger partial charge in [-0.25, -0.2) is 0 Å². The van der Waals surface area contributed by atoms with E-state index < -0.39 is 18.1 Å². The highest BCUT2D eigenvalue weighted by Crippen LogP contribution is 2.27. The van der Waals surface area contributed by atoms with Crippen LogP contribution in [-0.2, 0) is 22.5 Å². The quantitative estimate of drug-likeness (QED) is 0.838. The number of hydrogen-bond acceptors (Lipinski definition) is 5. The van der Waals surface area contributed by atoms with Gasteiger partial charge in [0.05, 0.1) is 24.4 Å². The second kappa shape index (κ2) is 6.56. The van der Waals surface area contributed by atoms with Crippen molar-refractivity contribution in [2.24, 2.45) is 5.73 Å². The Hall–Kier alpha value is -1.83. The number of halogens is 3. The van der Waals surface area contributed by atoms with Gasteiger partial charge < -0.3 is 15.2 Å². The summed E-state index contributed by atoms with van der Waals surface area (Å²) in [5.41, 5.74) is 6.08. The maximum atomic E-state index is 12.2. The van der Waals surface area contributed by atoms with Gasteiger partial charge in [-0.05, 0) is 25.5 Å². The molecular weight excluding hydrogens is 277 g/mol. The Labute approximate surface area is 113 Å². The average Bonchev–Trinajstić information content (AvgIpc) is 2.31. The van der Waals surface area contributed by atoms with E-state index in [1.807, 2.05) is 0 Å². The van der Waals surface area contributed by atoms with Crippen LogP contribution < -0.4 is 10.5 Å². The second-order valence-electron chi connectivity index (χ2n) is 3.91. The molecule has 112 valence electrons. The fraction of sp³-hybridized carbons (Fsp3) is 0.500. The lowest BCUT2D eigenvalue weighted by Gasteiger charge is -2.14. The Balaban J connectivity index is 3.04. The first-order chi connectivity index (χ1) is 9.26. The molecule has 1 heterocycles. The minimum Gasteiger partial charge on any atom is -0.466 e. The third-order valence-electron chi connectivity index (χ3n) is 2.40. The third kappa shape index (κ3) is 4.69. The Kier molecular flexibility index (Phi) is 5.32. The van der Waals surface area contributed by atoms with Crippen LogP contribution in [0, 0.1) is 6.92 Å². The highest BCUT2D eigenvalue weighted by molar-refractivity contribution is 5.72. The first kappa shape index (κ1) is 16.2.